The lowest BCUT2D eigenvalue weighted by molar-refractivity contribution is -0.217. The zero-order valence-electron chi connectivity index (χ0n) is 10.4. The van der Waals surface area contributed by atoms with Crippen LogP contribution in [0.5, 0.6) is 5.75 Å². The molecule has 0 spiro atoms. The van der Waals surface area contributed by atoms with Crippen molar-refractivity contribution < 1.29 is 32.9 Å². The molecule has 0 amide bonds. The van der Waals surface area contributed by atoms with E-state index in [4.69, 9.17) is 14.9 Å². The van der Waals surface area contributed by atoms with Crippen LogP contribution < -0.4 is 4.74 Å². The largest absolute Gasteiger partial charge is 0.481 e. The summed E-state index contributed by atoms with van der Waals surface area (Å²) in [6.45, 7) is 1.02. The topological polar surface area (TPSA) is 79.7 Å². The minimum atomic E-state index is -4.79. The number of aryl methyl sites for hydroxylation is 1. The predicted molar refractivity (Wildman–Crippen MR) is 60.2 cm³/mol. The van der Waals surface area contributed by atoms with Crippen molar-refractivity contribution in [1.82, 2.24) is 4.98 Å². The van der Waals surface area contributed by atoms with Crippen LogP contribution in [0, 0.1) is 12.8 Å². The molecule has 1 aliphatic rings. The van der Waals surface area contributed by atoms with Gasteiger partial charge in [0.2, 0.25) is 6.10 Å². The average Bonchev–Trinajstić information content (AvgIpc) is 2.37. The summed E-state index contributed by atoms with van der Waals surface area (Å²) in [6, 6.07) is 0. The molecule has 0 radical (unpaired) electrons. The van der Waals surface area contributed by atoms with E-state index < -0.39 is 30.8 Å². The van der Waals surface area contributed by atoms with Gasteiger partial charge in [-0.15, -0.1) is 0 Å². The first-order valence-corrected chi connectivity index (χ1v) is 5.80. The molecule has 1 aliphatic heterocycles. The average molecular weight is 291 g/mol. The van der Waals surface area contributed by atoms with E-state index in [-0.39, 0.29) is 29.0 Å². The lowest BCUT2D eigenvalue weighted by Gasteiger charge is -2.33. The van der Waals surface area contributed by atoms with E-state index in [9.17, 15) is 18.0 Å². The molecule has 2 unspecified atom stereocenters. The molecule has 5 nitrogen and oxygen atoms in total. The molecule has 110 valence electrons. The van der Waals surface area contributed by atoms with E-state index in [2.05, 4.69) is 4.98 Å². The monoisotopic (exact) mass is 291 g/mol. The third-order valence-corrected chi connectivity index (χ3v) is 3.25. The fourth-order valence-corrected chi connectivity index (χ4v) is 2.24. The first-order chi connectivity index (χ1) is 9.25. The van der Waals surface area contributed by atoms with E-state index in [0.29, 0.717) is 0 Å². The number of halogens is 3. The van der Waals surface area contributed by atoms with Gasteiger partial charge < -0.3 is 14.9 Å². The van der Waals surface area contributed by atoms with E-state index >= 15 is 0 Å². The molecule has 0 saturated carbocycles. The van der Waals surface area contributed by atoms with Gasteiger partial charge in [-0.2, -0.15) is 13.2 Å². The number of carboxylic acids is 1. The summed E-state index contributed by atoms with van der Waals surface area (Å²) in [6.07, 6.45) is -6.25. The number of aliphatic carboxylic acids is 1. The molecule has 20 heavy (non-hydrogen) atoms. The molecule has 8 heteroatoms. The Bertz CT molecular complexity index is 544. The predicted octanol–water partition coefficient (Wildman–Crippen LogP) is 1.45. The van der Waals surface area contributed by atoms with Crippen molar-refractivity contribution in [2.45, 2.75) is 32.2 Å². The van der Waals surface area contributed by atoms with Crippen molar-refractivity contribution in [1.29, 1.82) is 0 Å². The highest BCUT2D eigenvalue weighted by Crippen LogP contribution is 2.40. The minimum absolute atomic E-state index is 0.0867. The van der Waals surface area contributed by atoms with Crippen molar-refractivity contribution in [3.63, 3.8) is 0 Å². The molecule has 1 aromatic rings. The summed E-state index contributed by atoms with van der Waals surface area (Å²) in [5.74, 6) is -3.41. The number of aromatic nitrogens is 1. The van der Waals surface area contributed by atoms with Crippen molar-refractivity contribution in [3.05, 3.63) is 23.0 Å². The summed E-state index contributed by atoms with van der Waals surface area (Å²) >= 11 is 0. The molecular weight excluding hydrogens is 279 g/mol. The number of carbonyl (C=O) groups is 1. The maximum absolute atomic E-state index is 12.9. The Hall–Kier alpha value is -1.83. The molecule has 2 rings (SSSR count). The molecule has 2 heterocycles. The molecule has 2 N–H and O–H groups in total. The summed E-state index contributed by atoms with van der Waals surface area (Å²) in [4.78, 5) is 14.9. The molecule has 0 aliphatic carbocycles. The second-order valence-corrected chi connectivity index (χ2v) is 4.56. The van der Waals surface area contributed by atoms with Gasteiger partial charge in [0.15, 0.2) is 0 Å². The normalized spacial score (nSPS) is 22.1. The second kappa shape index (κ2) is 4.93. The number of aliphatic hydroxyl groups excluding tert-OH is 1. The third-order valence-electron chi connectivity index (χ3n) is 3.25. The molecule has 2 atom stereocenters. The summed E-state index contributed by atoms with van der Waals surface area (Å²) < 4.78 is 43.6. The molecule has 1 aromatic heterocycles. The van der Waals surface area contributed by atoms with Gasteiger partial charge in [-0.05, 0) is 13.3 Å². The first kappa shape index (κ1) is 14.6. The van der Waals surface area contributed by atoms with Crippen LogP contribution in [0.2, 0.25) is 0 Å². The van der Waals surface area contributed by atoms with Gasteiger partial charge in [-0.25, -0.2) is 0 Å². The van der Waals surface area contributed by atoms with Crippen LogP contribution in [0.3, 0.4) is 0 Å². The fourth-order valence-electron chi connectivity index (χ4n) is 2.24. The van der Waals surface area contributed by atoms with Gasteiger partial charge in [0, 0.05) is 17.3 Å². The highest BCUT2D eigenvalue weighted by atomic mass is 19.4. The van der Waals surface area contributed by atoms with Crippen LogP contribution in [0.4, 0.5) is 13.2 Å². The quantitative estimate of drug-likeness (QED) is 0.862. The van der Waals surface area contributed by atoms with Crippen LogP contribution in [0.25, 0.3) is 0 Å². The van der Waals surface area contributed by atoms with Crippen LogP contribution in [-0.4, -0.2) is 33.4 Å². The van der Waals surface area contributed by atoms with Crippen molar-refractivity contribution in [2.75, 3.05) is 0 Å². The van der Waals surface area contributed by atoms with Crippen molar-refractivity contribution in [3.8, 4) is 5.75 Å². The molecule has 0 saturated heterocycles. The fraction of sp³-hybridized carbons (Fsp3) is 0.500. The van der Waals surface area contributed by atoms with E-state index in [1.165, 1.54) is 13.1 Å². The zero-order valence-corrected chi connectivity index (χ0v) is 10.4. The maximum Gasteiger partial charge on any atom is 0.426 e. The summed E-state index contributed by atoms with van der Waals surface area (Å²) in [7, 11) is 0. The molecule has 0 aromatic carbocycles. The number of carboxylic acid groups (broad SMARTS) is 1. The SMILES string of the molecule is Cc1ncc(CO)c2c1OC(C(F)(F)F)C(C(=O)O)C2. The second-order valence-electron chi connectivity index (χ2n) is 4.56. The zero-order chi connectivity index (χ0) is 15.1. The van der Waals surface area contributed by atoms with Gasteiger partial charge in [-0.3, -0.25) is 9.78 Å². The van der Waals surface area contributed by atoms with Gasteiger partial charge in [0.25, 0.3) is 0 Å². The lowest BCUT2D eigenvalue weighted by Crippen LogP contribution is -2.48. The Labute approximate surface area is 112 Å². The number of pyridine rings is 1. The van der Waals surface area contributed by atoms with Gasteiger partial charge in [-0.1, -0.05) is 0 Å². The Kier molecular flexibility index (Phi) is 3.59. The van der Waals surface area contributed by atoms with E-state index in [1.54, 1.807) is 0 Å². The van der Waals surface area contributed by atoms with Crippen LogP contribution in [-0.2, 0) is 17.8 Å². The highest BCUT2D eigenvalue weighted by molar-refractivity contribution is 5.72. The van der Waals surface area contributed by atoms with Gasteiger partial charge in [0.1, 0.15) is 11.7 Å². The third kappa shape index (κ3) is 2.43. The number of hydrogen-bond donors (Lipinski definition) is 2. The number of nitrogens with zero attached hydrogens (tertiary/aromatic N) is 1. The Balaban J connectivity index is 2.53. The highest BCUT2D eigenvalue weighted by Gasteiger charge is 2.52. The standard InChI is InChI=1S/C12H12F3NO4/c1-5-9-7(6(4-17)3-16-5)2-8(11(18)19)10(20-9)12(13,14)15/h3,8,10,17H,2,4H2,1H3,(H,18,19). The van der Waals surface area contributed by atoms with Crippen LogP contribution in [0.15, 0.2) is 6.20 Å². The molecular formula is C12H12F3NO4. The number of aliphatic hydroxyl groups is 1. The van der Waals surface area contributed by atoms with Crippen LogP contribution in [0.1, 0.15) is 16.8 Å². The van der Waals surface area contributed by atoms with Crippen LogP contribution >= 0.6 is 0 Å². The number of rotatable bonds is 2. The number of hydrogen-bond acceptors (Lipinski definition) is 4. The molecule has 0 bridgehead atoms. The van der Waals surface area contributed by atoms with E-state index in [1.807, 2.05) is 0 Å². The maximum atomic E-state index is 12.9. The Morgan fingerprint density at radius 1 is 1.55 bits per heavy atom. The Morgan fingerprint density at radius 3 is 2.70 bits per heavy atom. The smallest absolute Gasteiger partial charge is 0.426 e. The van der Waals surface area contributed by atoms with Crippen molar-refractivity contribution in [2.24, 2.45) is 5.92 Å². The summed E-state index contributed by atoms with van der Waals surface area (Å²) in [5, 5.41) is 18.1. The van der Waals surface area contributed by atoms with E-state index in [0.717, 1.165) is 0 Å². The first-order valence-electron chi connectivity index (χ1n) is 5.80. The minimum Gasteiger partial charge on any atom is -0.481 e. The van der Waals surface area contributed by atoms with Gasteiger partial charge >= 0.3 is 12.1 Å². The lowest BCUT2D eigenvalue weighted by atomic mass is 9.88. The van der Waals surface area contributed by atoms with Gasteiger partial charge in [0.05, 0.1) is 12.3 Å². The number of ether oxygens (including phenoxy) is 1. The Morgan fingerprint density at radius 2 is 2.20 bits per heavy atom. The molecule has 0 fully saturated rings. The van der Waals surface area contributed by atoms with Crippen molar-refractivity contribution >= 4 is 5.97 Å². The summed E-state index contributed by atoms with van der Waals surface area (Å²) in [5.41, 5.74) is 0.778. The number of alkyl halides is 3. The number of fused-ring (bicyclic) bond motifs is 1.